The third-order valence-electron chi connectivity index (χ3n) is 1.41. The second kappa shape index (κ2) is 3.49. The van der Waals surface area contributed by atoms with Gasteiger partial charge in [0.1, 0.15) is 0 Å². The monoisotopic (exact) mass is 211 g/mol. The van der Waals surface area contributed by atoms with E-state index in [0.29, 0.717) is 0 Å². The molecule has 0 aromatic carbocycles. The van der Waals surface area contributed by atoms with Gasteiger partial charge in [0.2, 0.25) is 0 Å². The number of alkyl halides is 2. The van der Waals surface area contributed by atoms with Gasteiger partial charge in [0.25, 0.3) is 5.23 Å². The molecule has 0 N–H and O–H groups in total. The number of ether oxygens (including phenoxy) is 2. The minimum Gasteiger partial charge on any atom is -0.465 e. The van der Waals surface area contributed by atoms with Gasteiger partial charge in [-0.2, -0.15) is 13.8 Å². The van der Waals surface area contributed by atoms with E-state index in [4.69, 9.17) is 0 Å². The highest BCUT2D eigenvalue weighted by molar-refractivity contribution is 8.12. The SMILES string of the molecule is COC(=O)[C@@]1(F)N=C(SC)O[C@H]1F. The number of hydrogen-bond acceptors (Lipinski definition) is 5. The second-order valence-corrected chi connectivity index (χ2v) is 2.94. The number of methoxy groups -OCH3 is 1. The molecule has 1 aliphatic heterocycles. The molecule has 0 aliphatic carbocycles. The Morgan fingerprint density at radius 1 is 1.85 bits per heavy atom. The highest BCUT2D eigenvalue weighted by Crippen LogP contribution is 2.32. The first-order valence-electron chi connectivity index (χ1n) is 3.26. The first-order chi connectivity index (χ1) is 6.04. The van der Waals surface area contributed by atoms with Crippen molar-refractivity contribution >= 4 is 23.0 Å². The van der Waals surface area contributed by atoms with Gasteiger partial charge in [-0.05, 0) is 6.26 Å². The standard InChI is InChI=1S/C6H7F2NO3S/c1-11-4(10)6(8)3(7)12-5(9-6)13-2/h3H,1-2H3/t3-,6+/m1/s1. The summed E-state index contributed by atoms with van der Waals surface area (Å²) >= 11 is 0.906. The summed E-state index contributed by atoms with van der Waals surface area (Å²) in [6.45, 7) is 0. The van der Waals surface area contributed by atoms with Crippen LogP contribution in [0, 0.1) is 0 Å². The number of esters is 1. The lowest BCUT2D eigenvalue weighted by Crippen LogP contribution is -2.39. The molecular weight excluding hydrogens is 204 g/mol. The summed E-state index contributed by atoms with van der Waals surface area (Å²) in [7, 11) is 0.947. The zero-order valence-corrected chi connectivity index (χ0v) is 7.73. The molecule has 0 saturated heterocycles. The average molecular weight is 211 g/mol. The smallest absolute Gasteiger partial charge is 0.374 e. The van der Waals surface area contributed by atoms with Crippen molar-refractivity contribution in [3.05, 3.63) is 0 Å². The Morgan fingerprint density at radius 3 is 2.85 bits per heavy atom. The molecule has 4 nitrogen and oxygen atoms in total. The Hall–Kier alpha value is -0.850. The number of hydrogen-bond donors (Lipinski definition) is 0. The zero-order valence-electron chi connectivity index (χ0n) is 6.91. The second-order valence-electron chi connectivity index (χ2n) is 2.18. The Bertz CT molecular complexity index is 260. The van der Waals surface area contributed by atoms with Crippen LogP contribution in [0.1, 0.15) is 0 Å². The van der Waals surface area contributed by atoms with E-state index >= 15 is 0 Å². The van der Waals surface area contributed by atoms with Gasteiger partial charge in [0, 0.05) is 0 Å². The quantitative estimate of drug-likeness (QED) is 0.477. The molecule has 74 valence electrons. The summed E-state index contributed by atoms with van der Waals surface area (Å²) in [5.41, 5.74) is 0. The molecule has 0 aromatic heterocycles. The molecule has 0 unspecified atom stereocenters. The van der Waals surface area contributed by atoms with Gasteiger partial charge >= 0.3 is 18.1 Å². The molecule has 0 amide bonds. The van der Waals surface area contributed by atoms with Gasteiger partial charge in [0.05, 0.1) is 7.11 Å². The summed E-state index contributed by atoms with van der Waals surface area (Å²) in [4.78, 5) is 13.9. The minimum absolute atomic E-state index is 0.208. The number of carbonyl (C=O) groups is 1. The van der Waals surface area contributed by atoms with Crippen LogP contribution in [0.4, 0.5) is 8.78 Å². The topological polar surface area (TPSA) is 47.9 Å². The first-order valence-corrected chi connectivity index (χ1v) is 4.49. The summed E-state index contributed by atoms with van der Waals surface area (Å²) in [6, 6.07) is 0. The van der Waals surface area contributed by atoms with Crippen LogP contribution >= 0.6 is 11.8 Å². The van der Waals surface area contributed by atoms with Gasteiger partial charge in [0.15, 0.2) is 0 Å². The van der Waals surface area contributed by atoms with Crippen molar-refractivity contribution in [1.29, 1.82) is 0 Å². The van der Waals surface area contributed by atoms with E-state index in [2.05, 4.69) is 14.5 Å². The van der Waals surface area contributed by atoms with Crippen molar-refractivity contribution in [2.24, 2.45) is 4.99 Å². The molecule has 13 heavy (non-hydrogen) atoms. The van der Waals surface area contributed by atoms with Crippen LogP contribution in [-0.2, 0) is 14.3 Å². The number of aliphatic imine (C=N–C) groups is 1. The summed E-state index contributed by atoms with van der Waals surface area (Å²) in [6.07, 6.45) is -0.906. The van der Waals surface area contributed by atoms with Gasteiger partial charge in [-0.3, -0.25) is 0 Å². The summed E-state index contributed by atoms with van der Waals surface area (Å²) in [5, 5.41) is -0.208. The van der Waals surface area contributed by atoms with Crippen molar-refractivity contribution in [3.63, 3.8) is 0 Å². The highest BCUT2D eigenvalue weighted by atomic mass is 32.2. The fourth-order valence-electron chi connectivity index (χ4n) is 0.752. The van der Waals surface area contributed by atoms with E-state index in [1.165, 1.54) is 6.26 Å². The highest BCUT2D eigenvalue weighted by Gasteiger charge is 2.55. The minimum atomic E-state index is -3.05. The number of nitrogens with zero attached hydrogens (tertiary/aromatic N) is 1. The molecule has 0 saturated carbocycles. The fraction of sp³-hybridized carbons (Fsp3) is 0.667. The maximum absolute atomic E-state index is 13.4. The third-order valence-corrected chi connectivity index (χ3v) is 1.94. The number of carbonyl (C=O) groups excluding carboxylic acids is 1. The fourth-order valence-corrected chi connectivity index (χ4v) is 1.16. The predicted molar refractivity (Wildman–Crippen MR) is 42.8 cm³/mol. The van der Waals surface area contributed by atoms with Gasteiger partial charge in [-0.25, -0.2) is 4.79 Å². The van der Waals surface area contributed by atoms with E-state index in [9.17, 15) is 13.6 Å². The Kier molecular flexibility index (Phi) is 2.74. The van der Waals surface area contributed by atoms with Crippen molar-refractivity contribution < 1.29 is 23.0 Å². The zero-order chi connectivity index (χ0) is 10.1. The van der Waals surface area contributed by atoms with E-state index in [-0.39, 0.29) is 5.23 Å². The van der Waals surface area contributed by atoms with Crippen LogP contribution in [-0.4, -0.2) is 36.7 Å². The molecule has 2 atom stereocenters. The van der Waals surface area contributed by atoms with E-state index in [1.807, 2.05) is 0 Å². The molecule has 1 aliphatic rings. The Labute approximate surface area is 77.3 Å². The lowest BCUT2D eigenvalue weighted by Gasteiger charge is -2.13. The normalized spacial score (nSPS) is 32.3. The maximum atomic E-state index is 13.4. The lowest BCUT2D eigenvalue weighted by atomic mass is 10.3. The van der Waals surface area contributed by atoms with Crippen molar-refractivity contribution in [2.75, 3.05) is 13.4 Å². The maximum Gasteiger partial charge on any atom is 0.374 e. The van der Waals surface area contributed by atoms with Crippen LogP contribution in [0.3, 0.4) is 0 Å². The van der Waals surface area contributed by atoms with Crippen molar-refractivity contribution in [1.82, 2.24) is 0 Å². The summed E-state index contributed by atoms with van der Waals surface area (Å²) in [5.74, 6) is -4.45. The molecule has 1 rings (SSSR count). The predicted octanol–water partition coefficient (Wildman–Crippen LogP) is 0.870. The molecule has 7 heteroatoms. The average Bonchev–Trinajstić information content (AvgIpc) is 2.42. The molecule has 0 aromatic rings. The Balaban J connectivity index is 2.89. The van der Waals surface area contributed by atoms with Crippen LogP contribution in [0.5, 0.6) is 0 Å². The van der Waals surface area contributed by atoms with Crippen molar-refractivity contribution in [2.45, 2.75) is 12.2 Å². The van der Waals surface area contributed by atoms with E-state index in [1.54, 1.807) is 0 Å². The lowest BCUT2D eigenvalue weighted by molar-refractivity contribution is -0.166. The molecule has 0 bridgehead atoms. The van der Waals surface area contributed by atoms with Crippen LogP contribution < -0.4 is 0 Å². The molecule has 0 radical (unpaired) electrons. The van der Waals surface area contributed by atoms with E-state index in [0.717, 1.165) is 18.9 Å². The third kappa shape index (κ3) is 1.60. The first kappa shape index (κ1) is 10.2. The summed E-state index contributed by atoms with van der Waals surface area (Å²) < 4.78 is 34.6. The Morgan fingerprint density at radius 2 is 2.46 bits per heavy atom. The molecule has 1 heterocycles. The number of rotatable bonds is 1. The van der Waals surface area contributed by atoms with Gasteiger partial charge < -0.3 is 9.47 Å². The molecule has 0 fully saturated rings. The number of halogens is 2. The van der Waals surface area contributed by atoms with Crippen LogP contribution in [0.15, 0.2) is 4.99 Å². The molecular formula is C6H7F2NO3S. The molecule has 0 spiro atoms. The van der Waals surface area contributed by atoms with Crippen LogP contribution in [0.25, 0.3) is 0 Å². The number of thioether (sulfide) groups is 1. The van der Waals surface area contributed by atoms with Crippen molar-refractivity contribution in [3.8, 4) is 0 Å². The largest absolute Gasteiger partial charge is 0.465 e. The van der Waals surface area contributed by atoms with Crippen LogP contribution in [0.2, 0.25) is 0 Å². The van der Waals surface area contributed by atoms with Gasteiger partial charge in [-0.15, -0.1) is 0 Å². The van der Waals surface area contributed by atoms with Gasteiger partial charge in [-0.1, -0.05) is 11.8 Å². The van der Waals surface area contributed by atoms with E-state index < -0.39 is 18.1 Å².